The van der Waals surface area contributed by atoms with Gasteiger partial charge in [0.05, 0.1) is 22.0 Å². The van der Waals surface area contributed by atoms with Crippen LogP contribution >= 0.6 is 11.3 Å². The second kappa shape index (κ2) is 9.85. The van der Waals surface area contributed by atoms with Gasteiger partial charge in [0.1, 0.15) is 23.4 Å². The lowest BCUT2D eigenvalue weighted by Gasteiger charge is -2.14. The third kappa shape index (κ3) is 4.47. The minimum Gasteiger partial charge on any atom is -0.371 e. The first-order valence-electron chi connectivity index (χ1n) is 11.2. The van der Waals surface area contributed by atoms with E-state index < -0.39 is 0 Å². The van der Waals surface area contributed by atoms with E-state index in [1.807, 2.05) is 55.5 Å². The van der Waals surface area contributed by atoms with Crippen LogP contribution in [0.3, 0.4) is 0 Å². The number of rotatable bonds is 6. The molecule has 0 saturated carbocycles. The maximum Gasteiger partial charge on any atom is 0.213 e. The Labute approximate surface area is 216 Å². The Balaban J connectivity index is 1.57. The number of thiazole rings is 1. The molecule has 5 rings (SSSR count). The van der Waals surface area contributed by atoms with Crippen molar-refractivity contribution >= 4 is 50.4 Å². The average molecular weight is 505 g/mol. The van der Waals surface area contributed by atoms with Gasteiger partial charge in [-0.3, -0.25) is 0 Å². The van der Waals surface area contributed by atoms with E-state index in [4.69, 9.17) is 0 Å². The summed E-state index contributed by atoms with van der Waals surface area (Å²) in [5, 5.41) is 39.5. The molecule has 0 aliphatic rings. The highest BCUT2D eigenvalue weighted by Crippen LogP contribution is 2.36. The van der Waals surface area contributed by atoms with Gasteiger partial charge < -0.3 is 10.6 Å². The van der Waals surface area contributed by atoms with Gasteiger partial charge in [0, 0.05) is 18.3 Å². The molecule has 0 aliphatic heterocycles. The standard InChI is InChI=1S/C26H20N10S/c1-15-8-10-18(11-9-15)31-23-19(13-28)16(2)22(24(29-3)33-23)34-35-25-17(12-27)14-30-36(25)26-32-20-6-4-5-7-21(20)37-26/h4-11,14H,1-3H3,(H2,29,31,33)/b35-34+. The maximum absolute atomic E-state index is 9.92. The summed E-state index contributed by atoms with van der Waals surface area (Å²) in [6.45, 7) is 3.79. The number of fused-ring (bicyclic) bond motifs is 1. The van der Waals surface area contributed by atoms with Gasteiger partial charge in [0.15, 0.2) is 17.5 Å². The molecule has 0 atom stereocenters. The zero-order valence-corrected chi connectivity index (χ0v) is 21.0. The highest BCUT2D eigenvalue weighted by atomic mass is 32.1. The quantitative estimate of drug-likeness (QED) is 0.254. The third-order valence-corrected chi connectivity index (χ3v) is 6.66. The first-order valence-corrected chi connectivity index (χ1v) is 12.1. The molecule has 180 valence electrons. The summed E-state index contributed by atoms with van der Waals surface area (Å²) in [6.07, 6.45) is 1.43. The first-order chi connectivity index (χ1) is 18.0. The Morgan fingerprint density at radius 1 is 0.946 bits per heavy atom. The molecule has 0 saturated heterocycles. The molecular weight excluding hydrogens is 484 g/mol. The Hall–Kier alpha value is -5.13. The summed E-state index contributed by atoms with van der Waals surface area (Å²) in [5.74, 6) is 1.08. The molecule has 0 unspecified atom stereocenters. The molecular formula is C26H20N10S. The van der Waals surface area contributed by atoms with E-state index >= 15 is 0 Å². The fourth-order valence-corrected chi connectivity index (χ4v) is 4.62. The molecule has 2 aromatic carbocycles. The van der Waals surface area contributed by atoms with Crippen LogP contribution in [0.1, 0.15) is 22.3 Å². The number of nitrogens with zero attached hydrogens (tertiary/aromatic N) is 8. The molecule has 0 radical (unpaired) electrons. The first kappa shape index (κ1) is 23.6. The minimum absolute atomic E-state index is 0.239. The highest BCUT2D eigenvalue weighted by molar-refractivity contribution is 7.20. The van der Waals surface area contributed by atoms with Gasteiger partial charge in [-0.1, -0.05) is 41.2 Å². The third-order valence-electron chi connectivity index (χ3n) is 5.65. The van der Waals surface area contributed by atoms with E-state index in [-0.39, 0.29) is 11.4 Å². The molecule has 0 amide bonds. The highest BCUT2D eigenvalue weighted by Gasteiger charge is 2.19. The number of nitriles is 2. The number of hydrogen-bond acceptors (Lipinski definition) is 10. The van der Waals surface area contributed by atoms with Gasteiger partial charge in [-0.05, 0) is 38.1 Å². The van der Waals surface area contributed by atoms with Crippen LogP contribution in [0.2, 0.25) is 0 Å². The van der Waals surface area contributed by atoms with Crippen LogP contribution in [-0.4, -0.2) is 26.8 Å². The maximum atomic E-state index is 9.92. The molecule has 37 heavy (non-hydrogen) atoms. The lowest BCUT2D eigenvalue weighted by atomic mass is 10.1. The van der Waals surface area contributed by atoms with Gasteiger partial charge in [-0.25, -0.2) is 9.97 Å². The zero-order valence-electron chi connectivity index (χ0n) is 20.2. The summed E-state index contributed by atoms with van der Waals surface area (Å²) in [5.41, 5.74) is 4.32. The van der Waals surface area contributed by atoms with Crippen LogP contribution < -0.4 is 10.6 Å². The van der Waals surface area contributed by atoms with E-state index in [1.54, 1.807) is 14.0 Å². The van der Waals surface area contributed by atoms with E-state index in [9.17, 15) is 10.5 Å². The van der Waals surface area contributed by atoms with Crippen LogP contribution in [-0.2, 0) is 0 Å². The Bertz CT molecular complexity index is 1700. The van der Waals surface area contributed by atoms with Crippen molar-refractivity contribution in [2.75, 3.05) is 17.7 Å². The predicted octanol–water partition coefficient (Wildman–Crippen LogP) is 6.44. The Morgan fingerprint density at radius 2 is 1.73 bits per heavy atom. The number of anilines is 3. The second-order valence-electron chi connectivity index (χ2n) is 8.08. The average Bonchev–Trinajstić information content (AvgIpc) is 3.53. The molecule has 0 spiro atoms. The molecule has 0 aliphatic carbocycles. The largest absolute Gasteiger partial charge is 0.371 e. The molecule has 2 N–H and O–H groups in total. The predicted molar refractivity (Wildman–Crippen MR) is 143 cm³/mol. The van der Waals surface area contributed by atoms with Gasteiger partial charge in [-0.2, -0.15) is 20.3 Å². The SMILES string of the molecule is CNc1nc(Nc2ccc(C)cc2)c(C#N)c(C)c1/N=N/c1c(C#N)cnn1-c1nc2ccccc2s1. The summed E-state index contributed by atoms with van der Waals surface area (Å²) in [7, 11) is 1.72. The van der Waals surface area contributed by atoms with Crippen LogP contribution in [0.4, 0.5) is 28.8 Å². The van der Waals surface area contributed by atoms with Gasteiger partial charge in [0.2, 0.25) is 5.13 Å². The van der Waals surface area contributed by atoms with Crippen molar-refractivity contribution in [3.63, 3.8) is 0 Å². The molecule has 11 heteroatoms. The summed E-state index contributed by atoms with van der Waals surface area (Å²) in [4.78, 5) is 9.21. The number of aromatic nitrogens is 4. The number of hydrogen-bond donors (Lipinski definition) is 2. The van der Waals surface area contributed by atoms with Crippen LogP contribution in [0.25, 0.3) is 15.3 Å². The van der Waals surface area contributed by atoms with Crippen LogP contribution in [0.15, 0.2) is 65.0 Å². The number of nitrogens with one attached hydrogen (secondary N) is 2. The van der Waals surface area contributed by atoms with Gasteiger partial charge in [0.25, 0.3) is 0 Å². The smallest absolute Gasteiger partial charge is 0.213 e. The van der Waals surface area contributed by atoms with Crippen LogP contribution in [0.5, 0.6) is 0 Å². The van der Waals surface area contributed by atoms with Crippen molar-refractivity contribution in [2.45, 2.75) is 13.8 Å². The molecule has 3 aromatic heterocycles. The number of para-hydroxylation sites is 1. The van der Waals surface area contributed by atoms with Crippen molar-refractivity contribution in [1.82, 2.24) is 19.7 Å². The lowest BCUT2D eigenvalue weighted by molar-refractivity contribution is 0.863. The number of azo groups is 1. The van der Waals surface area contributed by atoms with E-state index in [1.165, 1.54) is 22.2 Å². The van der Waals surface area contributed by atoms with E-state index in [0.29, 0.717) is 33.6 Å². The van der Waals surface area contributed by atoms with Crippen molar-refractivity contribution in [3.05, 3.63) is 77.0 Å². The van der Waals surface area contributed by atoms with Crippen LogP contribution in [0, 0.1) is 36.5 Å². The molecule has 3 heterocycles. The normalized spacial score (nSPS) is 10.9. The second-order valence-corrected chi connectivity index (χ2v) is 9.09. The van der Waals surface area contributed by atoms with E-state index in [0.717, 1.165) is 21.5 Å². The fourth-order valence-electron chi connectivity index (χ4n) is 3.70. The zero-order chi connectivity index (χ0) is 25.9. The van der Waals surface area contributed by atoms with Gasteiger partial charge >= 0.3 is 0 Å². The van der Waals surface area contributed by atoms with Crippen molar-refractivity contribution < 1.29 is 0 Å². The number of benzene rings is 2. The lowest BCUT2D eigenvalue weighted by Crippen LogP contribution is -2.04. The summed E-state index contributed by atoms with van der Waals surface area (Å²) in [6, 6.07) is 19.9. The number of aryl methyl sites for hydroxylation is 1. The van der Waals surface area contributed by atoms with Crippen molar-refractivity contribution in [2.24, 2.45) is 10.2 Å². The summed E-state index contributed by atoms with van der Waals surface area (Å²) >= 11 is 1.43. The molecule has 10 nitrogen and oxygen atoms in total. The molecule has 0 bridgehead atoms. The molecule has 5 aromatic rings. The monoisotopic (exact) mass is 504 g/mol. The van der Waals surface area contributed by atoms with Crippen molar-refractivity contribution in [3.8, 4) is 17.3 Å². The van der Waals surface area contributed by atoms with E-state index in [2.05, 4.69) is 48.1 Å². The topological polar surface area (TPSA) is 140 Å². The number of pyridine rings is 1. The molecule has 0 fully saturated rings. The van der Waals surface area contributed by atoms with Gasteiger partial charge in [-0.15, -0.1) is 10.2 Å². The minimum atomic E-state index is 0.239. The summed E-state index contributed by atoms with van der Waals surface area (Å²) < 4.78 is 2.48. The Morgan fingerprint density at radius 3 is 2.43 bits per heavy atom. The van der Waals surface area contributed by atoms with Crippen molar-refractivity contribution in [1.29, 1.82) is 10.5 Å². The fraction of sp³-hybridized carbons (Fsp3) is 0.115. The Kier molecular flexibility index (Phi) is 6.29.